The highest BCUT2D eigenvalue weighted by Gasteiger charge is 2.14. The van der Waals surface area contributed by atoms with Crippen LogP contribution >= 0.6 is 0 Å². The van der Waals surface area contributed by atoms with Crippen molar-refractivity contribution in [3.63, 3.8) is 0 Å². The summed E-state index contributed by atoms with van der Waals surface area (Å²) in [5.41, 5.74) is 2.12. The van der Waals surface area contributed by atoms with Crippen LogP contribution in [0.5, 0.6) is 28.7 Å². The van der Waals surface area contributed by atoms with E-state index in [1.807, 2.05) is 30.3 Å². The molecule has 4 aromatic rings. The van der Waals surface area contributed by atoms with Crippen molar-refractivity contribution in [3.05, 3.63) is 78.5 Å². The maximum Gasteiger partial charge on any atom is 0.412 e. The molecule has 0 saturated heterocycles. The number of aromatic nitrogens is 1. The van der Waals surface area contributed by atoms with Gasteiger partial charge in [-0.15, -0.1) is 0 Å². The predicted octanol–water partition coefficient (Wildman–Crippen LogP) is 6.36. The fourth-order valence-electron chi connectivity index (χ4n) is 3.54. The first-order valence-electron chi connectivity index (χ1n) is 10.9. The van der Waals surface area contributed by atoms with E-state index in [2.05, 4.69) is 10.3 Å². The molecule has 1 heterocycles. The average Bonchev–Trinajstić information content (AvgIpc) is 2.89. The SMILES string of the molecule is COc1cccc(C(C)OC(=O)Nc2ccc(Oc3ccnc4cc(OC)c(OC)cc34)cc2)c1. The lowest BCUT2D eigenvalue weighted by Crippen LogP contribution is -2.16. The summed E-state index contributed by atoms with van der Waals surface area (Å²) in [7, 11) is 4.75. The highest BCUT2D eigenvalue weighted by atomic mass is 16.6. The molecule has 35 heavy (non-hydrogen) atoms. The first kappa shape index (κ1) is 23.7. The van der Waals surface area contributed by atoms with E-state index in [9.17, 15) is 4.79 Å². The van der Waals surface area contributed by atoms with Crippen molar-refractivity contribution in [1.82, 2.24) is 4.98 Å². The number of ether oxygens (including phenoxy) is 5. The molecule has 0 spiro atoms. The number of carbonyl (C=O) groups is 1. The van der Waals surface area contributed by atoms with Crippen LogP contribution in [0.2, 0.25) is 0 Å². The summed E-state index contributed by atoms with van der Waals surface area (Å²) in [6.45, 7) is 1.80. The lowest BCUT2D eigenvalue weighted by molar-refractivity contribution is 0.121. The van der Waals surface area contributed by atoms with E-state index in [4.69, 9.17) is 23.7 Å². The van der Waals surface area contributed by atoms with Crippen LogP contribution in [0.1, 0.15) is 18.6 Å². The molecule has 0 aliphatic carbocycles. The van der Waals surface area contributed by atoms with E-state index in [1.165, 1.54) is 0 Å². The number of hydrogen-bond donors (Lipinski definition) is 1. The number of methoxy groups -OCH3 is 3. The molecule has 0 saturated carbocycles. The van der Waals surface area contributed by atoms with Gasteiger partial charge in [-0.1, -0.05) is 12.1 Å². The molecule has 0 aliphatic rings. The Morgan fingerprint density at radius 2 is 1.57 bits per heavy atom. The molecule has 0 radical (unpaired) electrons. The molecule has 3 aromatic carbocycles. The van der Waals surface area contributed by atoms with Crippen LogP contribution in [-0.4, -0.2) is 32.4 Å². The molecule has 1 N–H and O–H groups in total. The van der Waals surface area contributed by atoms with Crippen LogP contribution in [0.25, 0.3) is 10.9 Å². The highest BCUT2D eigenvalue weighted by Crippen LogP contribution is 2.37. The maximum absolute atomic E-state index is 12.4. The predicted molar refractivity (Wildman–Crippen MR) is 133 cm³/mol. The zero-order chi connectivity index (χ0) is 24.8. The molecule has 1 unspecified atom stereocenters. The molecule has 1 amide bonds. The minimum Gasteiger partial charge on any atom is -0.497 e. The second kappa shape index (κ2) is 10.6. The van der Waals surface area contributed by atoms with E-state index in [-0.39, 0.29) is 0 Å². The van der Waals surface area contributed by atoms with Gasteiger partial charge in [-0.05, 0) is 61.0 Å². The Balaban J connectivity index is 1.43. The lowest BCUT2D eigenvalue weighted by Gasteiger charge is -2.15. The number of nitrogens with one attached hydrogen (secondary N) is 1. The number of hydrogen-bond acceptors (Lipinski definition) is 7. The summed E-state index contributed by atoms with van der Waals surface area (Å²) in [5, 5.41) is 3.51. The van der Waals surface area contributed by atoms with Gasteiger partial charge in [0.05, 0.1) is 26.8 Å². The first-order chi connectivity index (χ1) is 17.0. The van der Waals surface area contributed by atoms with Crippen molar-refractivity contribution in [3.8, 4) is 28.7 Å². The van der Waals surface area contributed by atoms with Crippen molar-refractivity contribution in [2.75, 3.05) is 26.6 Å². The Labute approximate surface area is 203 Å². The van der Waals surface area contributed by atoms with E-state index in [1.54, 1.807) is 70.8 Å². The molecule has 8 heteroatoms. The summed E-state index contributed by atoms with van der Waals surface area (Å²) in [4.78, 5) is 16.7. The number of benzene rings is 3. The number of anilines is 1. The number of nitrogens with zero attached hydrogens (tertiary/aromatic N) is 1. The summed E-state index contributed by atoms with van der Waals surface area (Å²) >= 11 is 0. The van der Waals surface area contributed by atoms with Gasteiger partial charge in [-0.3, -0.25) is 10.3 Å². The smallest absolute Gasteiger partial charge is 0.412 e. The van der Waals surface area contributed by atoms with E-state index in [0.29, 0.717) is 40.0 Å². The third-order valence-corrected chi connectivity index (χ3v) is 5.38. The molecule has 180 valence electrons. The third-order valence-electron chi connectivity index (χ3n) is 5.38. The second-order valence-electron chi connectivity index (χ2n) is 7.61. The monoisotopic (exact) mass is 474 g/mol. The minimum absolute atomic E-state index is 0.441. The molecule has 0 fully saturated rings. The number of amides is 1. The van der Waals surface area contributed by atoms with Gasteiger partial charge in [0, 0.05) is 23.3 Å². The van der Waals surface area contributed by atoms with Gasteiger partial charge >= 0.3 is 6.09 Å². The number of fused-ring (bicyclic) bond motifs is 1. The Morgan fingerprint density at radius 3 is 2.29 bits per heavy atom. The van der Waals surface area contributed by atoms with Crippen LogP contribution in [-0.2, 0) is 4.74 Å². The summed E-state index contributed by atoms with van der Waals surface area (Å²) < 4.78 is 27.5. The number of pyridine rings is 1. The van der Waals surface area contributed by atoms with Crippen LogP contribution < -0.4 is 24.3 Å². The lowest BCUT2D eigenvalue weighted by atomic mass is 10.1. The summed E-state index contributed by atoms with van der Waals surface area (Å²) in [6, 6.07) is 19.8. The topological polar surface area (TPSA) is 88.1 Å². The van der Waals surface area contributed by atoms with Gasteiger partial charge in [0.25, 0.3) is 0 Å². The molecule has 1 atom stereocenters. The summed E-state index contributed by atoms with van der Waals surface area (Å²) in [5.74, 6) is 3.08. The Morgan fingerprint density at radius 1 is 0.829 bits per heavy atom. The number of rotatable bonds is 8. The standard InChI is InChI=1S/C27H26N2O6/c1-17(18-6-5-7-21(14-18)31-2)34-27(30)29-19-8-10-20(11-9-19)35-24-12-13-28-23-16-26(33-4)25(32-3)15-22(23)24/h5-17H,1-4H3,(H,29,30). The van der Waals surface area contributed by atoms with Crippen LogP contribution in [0.15, 0.2) is 72.9 Å². The first-order valence-corrected chi connectivity index (χ1v) is 10.9. The van der Waals surface area contributed by atoms with Gasteiger partial charge in [0.15, 0.2) is 11.5 Å². The van der Waals surface area contributed by atoms with E-state index < -0.39 is 12.2 Å². The van der Waals surface area contributed by atoms with Gasteiger partial charge < -0.3 is 23.7 Å². The van der Waals surface area contributed by atoms with Crippen molar-refractivity contribution in [2.24, 2.45) is 0 Å². The summed E-state index contributed by atoms with van der Waals surface area (Å²) in [6.07, 6.45) is 0.664. The van der Waals surface area contributed by atoms with Crippen molar-refractivity contribution >= 4 is 22.7 Å². The Hall–Kier alpha value is -4.46. The van der Waals surface area contributed by atoms with Crippen LogP contribution in [0.3, 0.4) is 0 Å². The van der Waals surface area contributed by atoms with E-state index in [0.717, 1.165) is 10.9 Å². The average molecular weight is 475 g/mol. The molecular weight excluding hydrogens is 448 g/mol. The zero-order valence-corrected chi connectivity index (χ0v) is 19.9. The Kier molecular flexibility index (Phi) is 7.21. The van der Waals surface area contributed by atoms with Gasteiger partial charge in [0.2, 0.25) is 0 Å². The molecule has 4 rings (SSSR count). The quantitative estimate of drug-likeness (QED) is 0.318. The fourth-order valence-corrected chi connectivity index (χ4v) is 3.54. The van der Waals surface area contributed by atoms with Crippen LogP contribution in [0, 0.1) is 0 Å². The van der Waals surface area contributed by atoms with Crippen molar-refractivity contribution in [1.29, 1.82) is 0 Å². The third kappa shape index (κ3) is 5.55. The normalized spacial score (nSPS) is 11.4. The number of carbonyl (C=O) groups excluding carboxylic acids is 1. The van der Waals surface area contributed by atoms with E-state index >= 15 is 0 Å². The molecule has 0 bridgehead atoms. The fraction of sp³-hybridized carbons (Fsp3) is 0.185. The Bertz CT molecular complexity index is 1320. The molecule has 8 nitrogen and oxygen atoms in total. The van der Waals surface area contributed by atoms with Crippen molar-refractivity contribution < 1.29 is 28.5 Å². The zero-order valence-electron chi connectivity index (χ0n) is 19.9. The van der Waals surface area contributed by atoms with Gasteiger partial charge in [0.1, 0.15) is 23.4 Å². The minimum atomic E-state index is -0.560. The molecule has 0 aliphatic heterocycles. The van der Waals surface area contributed by atoms with Crippen LogP contribution in [0.4, 0.5) is 10.5 Å². The highest BCUT2D eigenvalue weighted by molar-refractivity contribution is 5.88. The second-order valence-corrected chi connectivity index (χ2v) is 7.61. The maximum atomic E-state index is 12.4. The van der Waals surface area contributed by atoms with Gasteiger partial charge in [-0.25, -0.2) is 4.79 Å². The van der Waals surface area contributed by atoms with Gasteiger partial charge in [-0.2, -0.15) is 0 Å². The van der Waals surface area contributed by atoms with Crippen molar-refractivity contribution in [2.45, 2.75) is 13.0 Å². The largest absolute Gasteiger partial charge is 0.497 e. The molecule has 1 aromatic heterocycles. The molecular formula is C27H26N2O6.